The molecule has 0 amide bonds. The maximum atomic E-state index is 13.6. The van der Waals surface area contributed by atoms with Crippen LogP contribution in [0.25, 0.3) is 0 Å². The standard InChI is InChI=1S/C17H23FN4S/c1-3-16-22-14(12-23-16)11-21-17(19-4-2)20-10-9-13-7-5-6-8-15(13)18/h5-8,12H,3-4,9-11H2,1-2H3,(H2,19,20,21). The van der Waals surface area contributed by atoms with Gasteiger partial charge in [0.2, 0.25) is 0 Å². The van der Waals surface area contributed by atoms with Crippen LogP contribution in [-0.2, 0) is 19.4 Å². The van der Waals surface area contributed by atoms with Gasteiger partial charge < -0.3 is 10.6 Å². The van der Waals surface area contributed by atoms with Crippen LogP contribution in [0.4, 0.5) is 4.39 Å². The molecule has 0 radical (unpaired) electrons. The Morgan fingerprint density at radius 3 is 2.78 bits per heavy atom. The number of hydrogen-bond donors (Lipinski definition) is 2. The third kappa shape index (κ3) is 5.63. The monoisotopic (exact) mass is 334 g/mol. The lowest BCUT2D eigenvalue weighted by molar-refractivity contribution is 0.606. The SMILES string of the molecule is CCNC(=NCc1csc(CC)n1)NCCc1ccccc1F. The number of nitrogens with zero attached hydrogens (tertiary/aromatic N) is 2. The van der Waals surface area contributed by atoms with Crippen molar-refractivity contribution < 1.29 is 4.39 Å². The molecule has 4 nitrogen and oxygen atoms in total. The van der Waals surface area contributed by atoms with Crippen LogP contribution in [0.5, 0.6) is 0 Å². The number of thiazole rings is 1. The zero-order valence-electron chi connectivity index (χ0n) is 13.6. The lowest BCUT2D eigenvalue weighted by Gasteiger charge is -2.11. The Kier molecular flexibility index (Phi) is 7.00. The Labute approximate surface area is 140 Å². The van der Waals surface area contributed by atoms with Gasteiger partial charge in [-0.05, 0) is 31.4 Å². The molecule has 0 spiro atoms. The highest BCUT2D eigenvalue weighted by molar-refractivity contribution is 7.09. The molecule has 0 aliphatic rings. The Morgan fingerprint density at radius 1 is 1.26 bits per heavy atom. The van der Waals surface area contributed by atoms with E-state index in [9.17, 15) is 4.39 Å². The Bertz CT molecular complexity index is 639. The molecule has 0 saturated heterocycles. The van der Waals surface area contributed by atoms with Crippen molar-refractivity contribution in [3.63, 3.8) is 0 Å². The maximum absolute atomic E-state index is 13.6. The molecule has 23 heavy (non-hydrogen) atoms. The van der Waals surface area contributed by atoms with E-state index >= 15 is 0 Å². The minimum absolute atomic E-state index is 0.161. The number of aromatic nitrogens is 1. The normalized spacial score (nSPS) is 11.5. The molecule has 1 aromatic carbocycles. The van der Waals surface area contributed by atoms with Gasteiger partial charge in [0.1, 0.15) is 5.82 Å². The summed E-state index contributed by atoms with van der Waals surface area (Å²) in [7, 11) is 0. The average Bonchev–Trinajstić information content (AvgIpc) is 3.02. The zero-order chi connectivity index (χ0) is 16.5. The molecule has 0 unspecified atom stereocenters. The van der Waals surface area contributed by atoms with Crippen LogP contribution in [0.15, 0.2) is 34.6 Å². The van der Waals surface area contributed by atoms with Crippen LogP contribution in [0.1, 0.15) is 30.1 Å². The van der Waals surface area contributed by atoms with E-state index < -0.39 is 0 Å². The fraction of sp³-hybridized carbons (Fsp3) is 0.412. The molecule has 124 valence electrons. The Hall–Kier alpha value is -1.95. The van der Waals surface area contributed by atoms with Gasteiger partial charge in [-0.3, -0.25) is 0 Å². The van der Waals surface area contributed by atoms with Crippen molar-refractivity contribution in [2.45, 2.75) is 33.2 Å². The fourth-order valence-corrected chi connectivity index (χ4v) is 2.84. The molecule has 0 aliphatic carbocycles. The van der Waals surface area contributed by atoms with Gasteiger partial charge in [0, 0.05) is 18.5 Å². The molecule has 0 aliphatic heterocycles. The van der Waals surface area contributed by atoms with Crippen molar-refractivity contribution in [1.82, 2.24) is 15.6 Å². The number of benzene rings is 1. The number of guanidine groups is 1. The first-order valence-corrected chi connectivity index (χ1v) is 8.79. The summed E-state index contributed by atoms with van der Waals surface area (Å²) in [5, 5.41) is 9.61. The van der Waals surface area contributed by atoms with Gasteiger partial charge >= 0.3 is 0 Å². The second-order valence-electron chi connectivity index (χ2n) is 5.05. The first-order valence-electron chi connectivity index (χ1n) is 7.91. The minimum Gasteiger partial charge on any atom is -0.357 e. The molecular formula is C17H23FN4S. The van der Waals surface area contributed by atoms with E-state index in [1.165, 1.54) is 6.07 Å². The van der Waals surface area contributed by atoms with Crippen LogP contribution in [0.3, 0.4) is 0 Å². The first-order chi connectivity index (χ1) is 11.2. The van der Waals surface area contributed by atoms with Crippen molar-refractivity contribution >= 4 is 17.3 Å². The number of rotatable bonds is 7. The summed E-state index contributed by atoms with van der Waals surface area (Å²) in [6, 6.07) is 6.85. The van der Waals surface area contributed by atoms with Crippen molar-refractivity contribution in [1.29, 1.82) is 0 Å². The van der Waals surface area contributed by atoms with Gasteiger partial charge in [-0.1, -0.05) is 25.1 Å². The molecule has 2 rings (SSSR count). The van der Waals surface area contributed by atoms with Crippen molar-refractivity contribution in [2.75, 3.05) is 13.1 Å². The molecule has 2 N–H and O–H groups in total. The van der Waals surface area contributed by atoms with Crippen LogP contribution >= 0.6 is 11.3 Å². The molecule has 1 aromatic heterocycles. The van der Waals surface area contributed by atoms with E-state index in [4.69, 9.17) is 0 Å². The molecular weight excluding hydrogens is 311 g/mol. The number of aryl methyl sites for hydroxylation is 1. The van der Waals surface area contributed by atoms with E-state index in [1.807, 2.05) is 24.4 Å². The van der Waals surface area contributed by atoms with Gasteiger partial charge in [0.25, 0.3) is 0 Å². The third-order valence-electron chi connectivity index (χ3n) is 3.29. The molecule has 0 fully saturated rings. The van der Waals surface area contributed by atoms with Crippen molar-refractivity contribution in [3.05, 3.63) is 51.7 Å². The maximum Gasteiger partial charge on any atom is 0.191 e. The van der Waals surface area contributed by atoms with Gasteiger partial charge in [-0.15, -0.1) is 11.3 Å². The van der Waals surface area contributed by atoms with E-state index in [-0.39, 0.29) is 5.82 Å². The topological polar surface area (TPSA) is 49.3 Å². The minimum atomic E-state index is -0.161. The molecule has 2 aromatic rings. The second kappa shape index (κ2) is 9.25. The molecule has 6 heteroatoms. The first kappa shape index (κ1) is 17.4. The highest BCUT2D eigenvalue weighted by Crippen LogP contribution is 2.11. The largest absolute Gasteiger partial charge is 0.357 e. The van der Waals surface area contributed by atoms with E-state index in [1.54, 1.807) is 17.4 Å². The van der Waals surface area contributed by atoms with Gasteiger partial charge in [-0.2, -0.15) is 0 Å². The van der Waals surface area contributed by atoms with Crippen LogP contribution < -0.4 is 10.6 Å². The van der Waals surface area contributed by atoms with E-state index in [0.717, 1.165) is 29.6 Å². The van der Waals surface area contributed by atoms with Crippen LogP contribution in [0, 0.1) is 5.82 Å². The highest BCUT2D eigenvalue weighted by atomic mass is 32.1. The Balaban J connectivity index is 1.87. The summed E-state index contributed by atoms with van der Waals surface area (Å²) < 4.78 is 13.6. The van der Waals surface area contributed by atoms with Crippen molar-refractivity contribution in [3.8, 4) is 0 Å². The molecule has 0 atom stereocenters. The lowest BCUT2D eigenvalue weighted by atomic mass is 10.1. The van der Waals surface area contributed by atoms with E-state index in [0.29, 0.717) is 25.1 Å². The van der Waals surface area contributed by atoms with Crippen LogP contribution in [-0.4, -0.2) is 24.0 Å². The number of hydrogen-bond acceptors (Lipinski definition) is 3. The number of nitrogens with one attached hydrogen (secondary N) is 2. The lowest BCUT2D eigenvalue weighted by Crippen LogP contribution is -2.38. The molecule has 0 bridgehead atoms. The van der Waals surface area contributed by atoms with Crippen LogP contribution in [0.2, 0.25) is 0 Å². The van der Waals surface area contributed by atoms with Crippen molar-refractivity contribution in [2.24, 2.45) is 4.99 Å². The third-order valence-corrected chi connectivity index (χ3v) is 4.33. The number of halogens is 1. The summed E-state index contributed by atoms with van der Waals surface area (Å²) in [6.07, 6.45) is 1.57. The Morgan fingerprint density at radius 2 is 2.09 bits per heavy atom. The average molecular weight is 334 g/mol. The quantitative estimate of drug-likeness (QED) is 0.604. The summed E-state index contributed by atoms with van der Waals surface area (Å²) in [4.78, 5) is 9.04. The zero-order valence-corrected chi connectivity index (χ0v) is 14.4. The molecule has 1 heterocycles. The summed E-state index contributed by atoms with van der Waals surface area (Å²) in [5.74, 6) is 0.570. The van der Waals surface area contributed by atoms with E-state index in [2.05, 4.69) is 27.5 Å². The number of aliphatic imine (C=N–C) groups is 1. The summed E-state index contributed by atoms with van der Waals surface area (Å²) >= 11 is 1.67. The summed E-state index contributed by atoms with van der Waals surface area (Å²) in [5.41, 5.74) is 1.70. The van der Waals surface area contributed by atoms with Gasteiger partial charge in [0.15, 0.2) is 5.96 Å². The fourth-order valence-electron chi connectivity index (χ4n) is 2.10. The van der Waals surface area contributed by atoms with Gasteiger partial charge in [-0.25, -0.2) is 14.4 Å². The predicted molar refractivity (Wildman–Crippen MR) is 94.4 cm³/mol. The summed E-state index contributed by atoms with van der Waals surface area (Å²) in [6.45, 7) is 6.07. The smallest absolute Gasteiger partial charge is 0.191 e. The van der Waals surface area contributed by atoms with Gasteiger partial charge in [0.05, 0.1) is 17.2 Å². The second-order valence-corrected chi connectivity index (χ2v) is 5.99. The molecule has 0 saturated carbocycles. The highest BCUT2D eigenvalue weighted by Gasteiger charge is 2.03. The predicted octanol–water partition coefficient (Wildman–Crippen LogP) is 3.14.